The molecule has 0 saturated heterocycles. The van der Waals surface area contributed by atoms with Crippen LogP contribution in [-0.4, -0.2) is 18.4 Å². The van der Waals surface area contributed by atoms with Gasteiger partial charge in [-0.2, -0.15) is 0 Å². The predicted molar refractivity (Wildman–Crippen MR) is 73.2 cm³/mol. The van der Waals surface area contributed by atoms with Crippen molar-refractivity contribution in [3.63, 3.8) is 0 Å². The summed E-state index contributed by atoms with van der Waals surface area (Å²) in [5.41, 5.74) is 0.244. The highest BCUT2D eigenvalue weighted by atomic mass is 16.6. The first-order chi connectivity index (χ1) is 7.74. The summed E-state index contributed by atoms with van der Waals surface area (Å²) in [7, 11) is 0. The average Bonchev–Trinajstić information content (AvgIpc) is 2.16. The fourth-order valence-electron chi connectivity index (χ4n) is 0.763. The van der Waals surface area contributed by atoms with Gasteiger partial charge in [-0.25, -0.2) is 9.79 Å². The zero-order valence-electron chi connectivity index (χ0n) is 11.8. The molecule has 1 amide bonds. The van der Waals surface area contributed by atoms with Gasteiger partial charge in [0.05, 0.1) is 0 Å². The number of nitrogens with one attached hydrogen (secondary N) is 1. The molecule has 0 aromatic rings. The van der Waals surface area contributed by atoms with Gasteiger partial charge in [-0.3, -0.25) is 5.32 Å². The first kappa shape index (κ1) is 17.8. The normalized spacial score (nSPS) is 10.8. The number of aliphatic imine (C=N–C) groups is 1. The Morgan fingerprint density at radius 2 is 1.82 bits per heavy atom. The van der Waals surface area contributed by atoms with Crippen LogP contribution < -0.4 is 5.32 Å². The van der Waals surface area contributed by atoms with Crippen molar-refractivity contribution < 1.29 is 9.53 Å². The molecule has 0 aromatic carbocycles. The highest BCUT2D eigenvalue weighted by molar-refractivity contribution is 5.70. The molecule has 0 aliphatic rings. The molecular formula is C13H24N2O2. The standard InChI is InChI=1S/C11H18N2O2.C2H6/c1-8(2)7-9(12-6)13-10(14)15-11(3,4)5;1-2/h7H,1,6H2,2-5H3,(H,13,14);1-2H3/b9-7+;. The van der Waals surface area contributed by atoms with E-state index in [4.69, 9.17) is 4.74 Å². The fourth-order valence-corrected chi connectivity index (χ4v) is 0.763. The number of hydrogen-bond acceptors (Lipinski definition) is 3. The van der Waals surface area contributed by atoms with Crippen molar-refractivity contribution in [2.45, 2.75) is 47.1 Å². The maximum absolute atomic E-state index is 11.3. The molecule has 0 aromatic heterocycles. The van der Waals surface area contributed by atoms with E-state index < -0.39 is 11.7 Å². The summed E-state index contributed by atoms with van der Waals surface area (Å²) >= 11 is 0. The summed E-state index contributed by atoms with van der Waals surface area (Å²) in [6.07, 6.45) is 1.05. The third kappa shape index (κ3) is 12.4. The van der Waals surface area contributed by atoms with Gasteiger partial charge in [0.1, 0.15) is 11.4 Å². The monoisotopic (exact) mass is 240 g/mol. The lowest BCUT2D eigenvalue weighted by Crippen LogP contribution is -2.31. The van der Waals surface area contributed by atoms with Crippen molar-refractivity contribution in [1.82, 2.24) is 5.32 Å². The zero-order chi connectivity index (χ0) is 14.1. The second-order valence-electron chi connectivity index (χ2n) is 4.16. The lowest BCUT2D eigenvalue weighted by atomic mass is 10.2. The van der Waals surface area contributed by atoms with Gasteiger partial charge < -0.3 is 4.74 Å². The number of carbonyl (C=O) groups excluding carboxylic acids is 1. The third-order valence-electron chi connectivity index (χ3n) is 1.18. The highest BCUT2D eigenvalue weighted by Gasteiger charge is 2.16. The number of carbonyl (C=O) groups is 1. The topological polar surface area (TPSA) is 50.7 Å². The van der Waals surface area contributed by atoms with Crippen LogP contribution in [0.15, 0.2) is 29.0 Å². The van der Waals surface area contributed by atoms with Crippen LogP contribution in [0.25, 0.3) is 0 Å². The number of alkyl carbamates (subject to hydrolysis) is 1. The maximum atomic E-state index is 11.3. The molecule has 0 aliphatic carbocycles. The Kier molecular flexibility index (Phi) is 8.96. The van der Waals surface area contributed by atoms with E-state index in [0.29, 0.717) is 5.82 Å². The van der Waals surface area contributed by atoms with Crippen molar-refractivity contribution in [3.8, 4) is 0 Å². The molecule has 0 radical (unpaired) electrons. The molecule has 0 aliphatic heterocycles. The Hall–Kier alpha value is -1.58. The molecule has 0 bridgehead atoms. The van der Waals surface area contributed by atoms with E-state index in [-0.39, 0.29) is 0 Å². The second kappa shape index (κ2) is 8.56. The molecule has 1 N–H and O–H groups in total. The Bertz CT molecular complexity index is 299. The Morgan fingerprint density at radius 3 is 2.12 bits per heavy atom. The Balaban J connectivity index is 0. The molecule has 98 valence electrons. The van der Waals surface area contributed by atoms with E-state index in [2.05, 4.69) is 23.6 Å². The van der Waals surface area contributed by atoms with Gasteiger partial charge in [-0.05, 0) is 40.5 Å². The smallest absolute Gasteiger partial charge is 0.413 e. The quantitative estimate of drug-likeness (QED) is 0.604. The summed E-state index contributed by atoms with van der Waals surface area (Å²) < 4.78 is 5.04. The number of amides is 1. The minimum absolute atomic E-state index is 0.330. The molecule has 0 spiro atoms. The Morgan fingerprint density at radius 1 is 1.35 bits per heavy atom. The van der Waals surface area contributed by atoms with Gasteiger partial charge in [0.25, 0.3) is 0 Å². The molecule has 0 unspecified atom stereocenters. The molecule has 4 nitrogen and oxygen atoms in total. The van der Waals surface area contributed by atoms with E-state index in [1.54, 1.807) is 33.8 Å². The average molecular weight is 240 g/mol. The lowest BCUT2D eigenvalue weighted by molar-refractivity contribution is 0.0545. The predicted octanol–water partition coefficient (Wildman–Crippen LogP) is 3.66. The van der Waals surface area contributed by atoms with Crippen LogP contribution in [0.2, 0.25) is 0 Å². The molecule has 0 rings (SSSR count). The van der Waals surface area contributed by atoms with E-state index in [9.17, 15) is 4.79 Å². The van der Waals surface area contributed by atoms with Crippen LogP contribution in [0.4, 0.5) is 4.79 Å². The minimum Gasteiger partial charge on any atom is -0.444 e. The summed E-state index contributed by atoms with van der Waals surface area (Å²) in [5, 5.41) is 2.46. The van der Waals surface area contributed by atoms with Gasteiger partial charge in [-0.15, -0.1) is 0 Å². The van der Waals surface area contributed by atoms with Crippen LogP contribution in [0.5, 0.6) is 0 Å². The molecule has 4 heteroatoms. The molecule has 17 heavy (non-hydrogen) atoms. The van der Waals surface area contributed by atoms with E-state index in [1.165, 1.54) is 0 Å². The molecule has 0 atom stereocenters. The van der Waals surface area contributed by atoms with Gasteiger partial charge >= 0.3 is 6.09 Å². The van der Waals surface area contributed by atoms with Crippen molar-refractivity contribution in [2.75, 3.05) is 0 Å². The molecule has 0 heterocycles. The lowest BCUT2D eigenvalue weighted by Gasteiger charge is -2.19. The van der Waals surface area contributed by atoms with E-state index in [1.807, 2.05) is 13.8 Å². The largest absolute Gasteiger partial charge is 0.444 e. The number of nitrogens with zero attached hydrogens (tertiary/aromatic N) is 1. The highest BCUT2D eigenvalue weighted by Crippen LogP contribution is 2.07. The van der Waals surface area contributed by atoms with Gasteiger partial charge in [0.2, 0.25) is 0 Å². The molecular weight excluding hydrogens is 216 g/mol. The maximum Gasteiger partial charge on any atom is 0.413 e. The molecule has 0 saturated carbocycles. The van der Waals surface area contributed by atoms with Crippen molar-refractivity contribution in [1.29, 1.82) is 0 Å². The van der Waals surface area contributed by atoms with Crippen LogP contribution in [0, 0.1) is 0 Å². The minimum atomic E-state index is -0.553. The second-order valence-corrected chi connectivity index (χ2v) is 4.16. The van der Waals surface area contributed by atoms with Crippen LogP contribution >= 0.6 is 0 Å². The van der Waals surface area contributed by atoms with Gasteiger partial charge in [0, 0.05) is 0 Å². The zero-order valence-corrected chi connectivity index (χ0v) is 11.8. The first-order valence-electron chi connectivity index (χ1n) is 5.58. The molecule has 0 fully saturated rings. The van der Waals surface area contributed by atoms with Crippen LogP contribution in [-0.2, 0) is 4.74 Å². The summed E-state index contributed by atoms with van der Waals surface area (Å²) in [6, 6.07) is 0. The SMILES string of the molecule is C=N/C(=C\C(=C)C)NC(=O)OC(C)(C)C.CC. The first-order valence-corrected chi connectivity index (χ1v) is 5.58. The summed E-state index contributed by atoms with van der Waals surface area (Å²) in [6.45, 7) is 18.2. The Labute approximate surface area is 104 Å². The van der Waals surface area contributed by atoms with Crippen LogP contribution in [0.1, 0.15) is 41.5 Å². The van der Waals surface area contributed by atoms with Crippen molar-refractivity contribution in [3.05, 3.63) is 24.0 Å². The number of ether oxygens (including phenoxy) is 1. The van der Waals surface area contributed by atoms with Crippen LogP contribution in [0.3, 0.4) is 0 Å². The number of allylic oxidation sites excluding steroid dienone is 2. The fraction of sp³-hybridized carbons (Fsp3) is 0.538. The number of hydrogen-bond donors (Lipinski definition) is 1. The van der Waals surface area contributed by atoms with Crippen molar-refractivity contribution >= 4 is 12.8 Å². The van der Waals surface area contributed by atoms with Gasteiger partial charge in [0.15, 0.2) is 0 Å². The van der Waals surface area contributed by atoms with E-state index in [0.717, 1.165) is 5.57 Å². The summed E-state index contributed by atoms with van der Waals surface area (Å²) in [4.78, 5) is 15.0. The third-order valence-corrected chi connectivity index (χ3v) is 1.18. The summed E-state index contributed by atoms with van der Waals surface area (Å²) in [5.74, 6) is 0.330. The number of rotatable bonds is 3. The van der Waals surface area contributed by atoms with E-state index >= 15 is 0 Å². The van der Waals surface area contributed by atoms with Crippen molar-refractivity contribution in [2.24, 2.45) is 4.99 Å². The van der Waals surface area contributed by atoms with Gasteiger partial charge in [-0.1, -0.05) is 26.0 Å².